The van der Waals surface area contributed by atoms with Crippen molar-refractivity contribution < 1.29 is 17.9 Å². The van der Waals surface area contributed by atoms with Gasteiger partial charge in [-0.15, -0.1) is 0 Å². The van der Waals surface area contributed by atoms with Gasteiger partial charge >= 0.3 is 5.97 Å². The lowest BCUT2D eigenvalue weighted by molar-refractivity contribution is -0.151. The lowest BCUT2D eigenvalue weighted by Gasteiger charge is -2.28. The topological polar surface area (TPSA) is 63.7 Å². The van der Waals surface area contributed by atoms with Crippen molar-refractivity contribution in [2.75, 3.05) is 19.3 Å². The molecule has 1 fully saturated rings. The maximum Gasteiger partial charge on any atom is 0.309 e. The zero-order valence-electron chi connectivity index (χ0n) is 11.8. The van der Waals surface area contributed by atoms with E-state index in [0.717, 1.165) is 10.0 Å². The molecule has 7 heteroatoms. The Balaban J connectivity index is 1.81. The highest BCUT2D eigenvalue weighted by atomic mass is 79.9. The number of halogens is 1. The lowest BCUT2D eigenvalue weighted by Crippen LogP contribution is -2.40. The van der Waals surface area contributed by atoms with Gasteiger partial charge in [-0.1, -0.05) is 28.1 Å². The third kappa shape index (κ3) is 4.79. The van der Waals surface area contributed by atoms with Crippen molar-refractivity contribution in [3.63, 3.8) is 0 Å². The van der Waals surface area contributed by atoms with Crippen LogP contribution in [0.3, 0.4) is 0 Å². The van der Waals surface area contributed by atoms with Crippen molar-refractivity contribution in [1.82, 2.24) is 4.31 Å². The first-order chi connectivity index (χ1) is 9.86. The van der Waals surface area contributed by atoms with Gasteiger partial charge in [0, 0.05) is 17.6 Å². The van der Waals surface area contributed by atoms with E-state index in [4.69, 9.17) is 4.74 Å². The van der Waals surface area contributed by atoms with Crippen LogP contribution >= 0.6 is 15.9 Å². The molecule has 0 aliphatic carbocycles. The molecule has 0 N–H and O–H groups in total. The number of benzene rings is 1. The van der Waals surface area contributed by atoms with Crippen LogP contribution in [0.5, 0.6) is 0 Å². The molecule has 5 nitrogen and oxygen atoms in total. The first kappa shape index (κ1) is 16.5. The summed E-state index contributed by atoms with van der Waals surface area (Å²) in [6.07, 6.45) is 2.23. The molecular weight excluding hydrogens is 358 g/mol. The van der Waals surface area contributed by atoms with Gasteiger partial charge in [-0.3, -0.25) is 4.79 Å². The molecule has 1 aromatic carbocycles. The summed E-state index contributed by atoms with van der Waals surface area (Å²) in [4.78, 5) is 12.0. The summed E-state index contributed by atoms with van der Waals surface area (Å²) < 4.78 is 30.5. The number of nitrogens with zero attached hydrogens (tertiary/aromatic N) is 1. The third-order valence-corrected chi connectivity index (χ3v) is 5.38. The summed E-state index contributed by atoms with van der Waals surface area (Å²) in [6.45, 7) is 1.02. The van der Waals surface area contributed by atoms with Crippen LogP contribution < -0.4 is 0 Å². The number of carbonyl (C=O) groups is 1. The van der Waals surface area contributed by atoms with E-state index in [1.165, 1.54) is 10.6 Å². The molecule has 0 aromatic heterocycles. The van der Waals surface area contributed by atoms with Crippen LogP contribution in [0.15, 0.2) is 28.7 Å². The smallest absolute Gasteiger partial charge is 0.309 e. The monoisotopic (exact) mass is 375 g/mol. The number of carbonyl (C=O) groups excluding carboxylic acids is 1. The summed E-state index contributed by atoms with van der Waals surface area (Å²) in [6, 6.07) is 7.58. The van der Waals surface area contributed by atoms with Gasteiger partial charge in [0.15, 0.2) is 0 Å². The molecule has 1 saturated heterocycles. The van der Waals surface area contributed by atoms with E-state index in [-0.39, 0.29) is 18.5 Å². The fourth-order valence-electron chi connectivity index (χ4n) is 2.28. The molecule has 0 atom stereocenters. The second kappa shape index (κ2) is 6.89. The summed E-state index contributed by atoms with van der Waals surface area (Å²) >= 11 is 3.35. The Hall–Kier alpha value is -0.920. The van der Waals surface area contributed by atoms with E-state index >= 15 is 0 Å². The molecule has 1 aliphatic rings. The van der Waals surface area contributed by atoms with Gasteiger partial charge in [0.25, 0.3) is 0 Å². The number of piperidine rings is 1. The number of hydrogen-bond acceptors (Lipinski definition) is 4. The molecule has 116 valence electrons. The maximum atomic E-state index is 12.0. The molecule has 0 amide bonds. The molecule has 0 spiro atoms. The van der Waals surface area contributed by atoms with Crippen molar-refractivity contribution in [3.8, 4) is 0 Å². The van der Waals surface area contributed by atoms with E-state index in [1.807, 2.05) is 24.3 Å². The lowest BCUT2D eigenvalue weighted by atomic mass is 9.98. The quantitative estimate of drug-likeness (QED) is 0.756. The van der Waals surface area contributed by atoms with E-state index in [9.17, 15) is 13.2 Å². The number of esters is 1. The molecule has 0 radical (unpaired) electrons. The first-order valence-electron chi connectivity index (χ1n) is 6.72. The number of hydrogen-bond donors (Lipinski definition) is 0. The minimum Gasteiger partial charge on any atom is -0.461 e. The fourth-order valence-corrected chi connectivity index (χ4v) is 3.41. The van der Waals surface area contributed by atoms with Gasteiger partial charge in [0.05, 0.1) is 12.2 Å². The van der Waals surface area contributed by atoms with Crippen LogP contribution in [0.4, 0.5) is 0 Å². The van der Waals surface area contributed by atoms with Gasteiger partial charge in [0.2, 0.25) is 10.0 Å². The number of ether oxygens (including phenoxy) is 1. The van der Waals surface area contributed by atoms with Gasteiger partial charge in [-0.05, 0) is 30.5 Å². The van der Waals surface area contributed by atoms with E-state index in [1.54, 1.807) is 0 Å². The Kier molecular flexibility index (Phi) is 5.40. The van der Waals surface area contributed by atoms with Crippen molar-refractivity contribution in [2.45, 2.75) is 19.4 Å². The van der Waals surface area contributed by atoms with Crippen molar-refractivity contribution >= 4 is 31.9 Å². The summed E-state index contributed by atoms with van der Waals surface area (Å²) in [5.41, 5.74) is 0.931. The molecule has 21 heavy (non-hydrogen) atoms. The first-order valence-corrected chi connectivity index (χ1v) is 9.36. The van der Waals surface area contributed by atoms with E-state index in [2.05, 4.69) is 15.9 Å². The molecule has 0 unspecified atom stereocenters. The molecule has 1 aliphatic heterocycles. The van der Waals surface area contributed by atoms with Gasteiger partial charge in [-0.2, -0.15) is 0 Å². The zero-order chi connectivity index (χ0) is 15.5. The molecule has 1 heterocycles. The highest BCUT2D eigenvalue weighted by Crippen LogP contribution is 2.21. The normalized spacial score (nSPS) is 17.6. The molecule has 2 rings (SSSR count). The van der Waals surface area contributed by atoms with Crippen LogP contribution in [0.25, 0.3) is 0 Å². The number of sulfonamides is 1. The van der Waals surface area contributed by atoms with Crippen LogP contribution in [0, 0.1) is 5.92 Å². The summed E-state index contributed by atoms with van der Waals surface area (Å²) in [5.74, 6) is -0.454. The average Bonchev–Trinajstić information content (AvgIpc) is 2.45. The summed E-state index contributed by atoms with van der Waals surface area (Å²) in [5, 5.41) is 0. The minimum atomic E-state index is -3.16. The van der Waals surface area contributed by atoms with E-state index in [0.29, 0.717) is 25.9 Å². The highest BCUT2D eigenvalue weighted by molar-refractivity contribution is 9.10. The Morgan fingerprint density at radius 1 is 1.29 bits per heavy atom. The van der Waals surface area contributed by atoms with Gasteiger partial charge in [-0.25, -0.2) is 12.7 Å². The highest BCUT2D eigenvalue weighted by Gasteiger charge is 2.29. The molecular formula is C14H18BrNO4S. The second-order valence-electron chi connectivity index (χ2n) is 5.17. The molecule has 0 saturated carbocycles. The van der Waals surface area contributed by atoms with Gasteiger partial charge in [0.1, 0.15) is 6.61 Å². The van der Waals surface area contributed by atoms with Gasteiger partial charge < -0.3 is 4.74 Å². The number of rotatable bonds is 4. The van der Waals surface area contributed by atoms with Crippen LogP contribution in [0.1, 0.15) is 18.4 Å². The van der Waals surface area contributed by atoms with Crippen LogP contribution in [-0.2, 0) is 26.2 Å². The van der Waals surface area contributed by atoms with Crippen molar-refractivity contribution in [1.29, 1.82) is 0 Å². The largest absolute Gasteiger partial charge is 0.461 e. The summed E-state index contributed by atoms with van der Waals surface area (Å²) in [7, 11) is -3.16. The Labute approximate surface area is 133 Å². The average molecular weight is 376 g/mol. The maximum absolute atomic E-state index is 12.0. The predicted octanol–water partition coefficient (Wildman–Crippen LogP) is 2.16. The van der Waals surface area contributed by atoms with Crippen LogP contribution in [-0.4, -0.2) is 38.0 Å². The second-order valence-corrected chi connectivity index (χ2v) is 8.07. The fraction of sp³-hybridized carbons (Fsp3) is 0.500. The van der Waals surface area contributed by atoms with Crippen LogP contribution in [0.2, 0.25) is 0 Å². The molecule has 0 bridgehead atoms. The predicted molar refractivity (Wildman–Crippen MR) is 83.1 cm³/mol. The van der Waals surface area contributed by atoms with Crippen molar-refractivity contribution in [3.05, 3.63) is 34.3 Å². The Morgan fingerprint density at radius 2 is 1.86 bits per heavy atom. The Bertz CT molecular complexity index is 592. The molecule has 1 aromatic rings. The third-order valence-electron chi connectivity index (χ3n) is 3.55. The Morgan fingerprint density at radius 3 is 2.38 bits per heavy atom. The zero-order valence-corrected chi connectivity index (χ0v) is 14.2. The van der Waals surface area contributed by atoms with E-state index < -0.39 is 10.0 Å². The SMILES string of the molecule is CS(=O)(=O)N1CCC(C(=O)OCc2ccc(Br)cc2)CC1. The minimum absolute atomic E-state index is 0.210. The van der Waals surface area contributed by atoms with Crippen molar-refractivity contribution in [2.24, 2.45) is 5.92 Å². The standard InChI is InChI=1S/C14H18BrNO4S/c1-21(18,19)16-8-6-12(7-9-16)14(17)20-10-11-2-4-13(15)5-3-11/h2-5,12H,6-10H2,1H3.